The van der Waals surface area contributed by atoms with Crippen LogP contribution in [-0.2, 0) is 4.79 Å². The van der Waals surface area contributed by atoms with E-state index < -0.39 is 15.2 Å². The van der Waals surface area contributed by atoms with Gasteiger partial charge in [0, 0.05) is 0 Å². The smallest absolute Gasteiger partial charge is 0.151 e. The molecule has 212 valence electrons. The van der Waals surface area contributed by atoms with Crippen molar-refractivity contribution in [1.82, 2.24) is 0 Å². The van der Waals surface area contributed by atoms with E-state index in [1.54, 1.807) is 0 Å². The highest BCUT2D eigenvalue weighted by molar-refractivity contribution is 6.55. The Morgan fingerprint density at radius 1 is 0.568 bits per heavy atom. The Balaban J connectivity index is 1.11. The Hall–Kier alpha value is 0.250. The van der Waals surface area contributed by atoms with Gasteiger partial charge in [0.25, 0.3) is 0 Å². The van der Waals surface area contributed by atoms with Gasteiger partial charge in [-0.15, -0.1) is 0 Å². The number of unbranched alkanes of at least 4 members (excludes halogenated alkanes) is 2. The first-order valence-corrected chi connectivity index (χ1v) is 17.5. The largest absolute Gasteiger partial charge is 0.298 e. The normalized spacial score (nSPS) is 44.2. The zero-order chi connectivity index (χ0) is 26.1. The van der Waals surface area contributed by atoms with E-state index in [-0.39, 0.29) is 0 Å². The molecule has 0 bridgehead atoms. The fourth-order valence-corrected chi connectivity index (χ4v) is 11.4. The molecule has 2 spiro atoms. The van der Waals surface area contributed by atoms with Crippen molar-refractivity contribution in [3.05, 3.63) is 0 Å². The molecule has 0 N–H and O–H groups in total. The van der Waals surface area contributed by atoms with E-state index in [0.29, 0.717) is 5.78 Å². The molecule has 37 heavy (non-hydrogen) atoms. The van der Waals surface area contributed by atoms with Crippen LogP contribution in [0.15, 0.2) is 0 Å². The molecule has 0 aromatic carbocycles. The number of carbonyl (C=O) groups is 1. The van der Waals surface area contributed by atoms with Gasteiger partial charge in [0.1, 0.15) is 4.33 Å². The Bertz CT molecular complexity index is 682. The van der Waals surface area contributed by atoms with Crippen LogP contribution in [0, 0.1) is 46.3 Å². The van der Waals surface area contributed by atoms with Crippen LogP contribution in [0.5, 0.6) is 0 Å². The van der Waals surface area contributed by atoms with Gasteiger partial charge in [-0.05, 0) is 113 Å². The number of halogens is 2. The minimum atomic E-state index is -0.831. The van der Waals surface area contributed by atoms with Crippen LogP contribution in [0.25, 0.3) is 0 Å². The molecule has 0 aromatic heterocycles. The number of hydrogen-bond donors (Lipinski definition) is 0. The van der Waals surface area contributed by atoms with Gasteiger partial charge in [-0.1, -0.05) is 101 Å². The highest BCUT2D eigenvalue weighted by atomic mass is 35.5. The molecule has 0 heterocycles. The monoisotopic (exact) mass is 550 g/mol. The van der Waals surface area contributed by atoms with Crippen LogP contribution in [0.4, 0.5) is 0 Å². The van der Waals surface area contributed by atoms with Gasteiger partial charge < -0.3 is 0 Å². The standard InChI is InChI=1S/C34H56Cl2O/c1-3-5-7-25-9-13-27(14-10-25)29-17-21-32(22-18-29)31(37)33(34(32,35)36)23-19-30(20-24-33)28-15-11-26(12-16-28)8-6-4-2/h25-30H,3-24H2,1-2H3. The summed E-state index contributed by atoms with van der Waals surface area (Å²) in [6.07, 6.45) is 28.3. The van der Waals surface area contributed by atoms with Gasteiger partial charge in [-0.2, -0.15) is 0 Å². The van der Waals surface area contributed by atoms with Gasteiger partial charge in [0.2, 0.25) is 0 Å². The van der Waals surface area contributed by atoms with Crippen LogP contribution in [0.1, 0.15) is 155 Å². The molecular weight excluding hydrogens is 495 g/mol. The van der Waals surface area contributed by atoms with E-state index in [0.717, 1.165) is 61.2 Å². The molecule has 5 aliphatic rings. The molecule has 5 fully saturated rings. The highest BCUT2D eigenvalue weighted by Crippen LogP contribution is 2.75. The van der Waals surface area contributed by atoms with Crippen molar-refractivity contribution in [2.75, 3.05) is 0 Å². The maximum Gasteiger partial charge on any atom is 0.151 e. The molecule has 5 rings (SSSR count). The lowest BCUT2D eigenvalue weighted by atomic mass is 9.41. The quantitative estimate of drug-likeness (QED) is 0.274. The number of Topliss-reactive ketones (excluding diaryl/α,β-unsaturated/α-hetero) is 1. The summed E-state index contributed by atoms with van der Waals surface area (Å²) in [5.41, 5.74) is -0.871. The summed E-state index contributed by atoms with van der Waals surface area (Å²) < 4.78 is -0.831. The van der Waals surface area contributed by atoms with Crippen molar-refractivity contribution in [3.8, 4) is 0 Å². The van der Waals surface area contributed by atoms with Crippen LogP contribution >= 0.6 is 23.2 Å². The second-order valence-corrected chi connectivity index (χ2v) is 15.9. The SMILES string of the molecule is CCCCC1CCC(C2CCC3(CC2)C(=O)C2(CCC(C4CCC(CCCC)CC4)CC2)C3(Cl)Cl)CC1. The fourth-order valence-electron chi connectivity index (χ4n) is 10.3. The predicted molar refractivity (Wildman–Crippen MR) is 158 cm³/mol. The first-order chi connectivity index (χ1) is 17.9. The molecule has 0 atom stereocenters. The zero-order valence-corrected chi connectivity index (χ0v) is 25.7. The van der Waals surface area contributed by atoms with Gasteiger partial charge in [0.15, 0.2) is 5.78 Å². The Labute approximate surface area is 239 Å². The molecule has 0 aromatic rings. The number of rotatable bonds is 8. The molecular formula is C34H56Cl2O. The first-order valence-electron chi connectivity index (χ1n) is 16.8. The predicted octanol–water partition coefficient (Wildman–Crippen LogP) is 11.1. The van der Waals surface area contributed by atoms with E-state index in [2.05, 4.69) is 13.8 Å². The van der Waals surface area contributed by atoms with Crippen molar-refractivity contribution >= 4 is 29.0 Å². The lowest BCUT2D eigenvalue weighted by molar-refractivity contribution is -0.173. The number of alkyl halides is 2. The molecule has 5 aliphatic carbocycles. The van der Waals surface area contributed by atoms with Crippen LogP contribution < -0.4 is 0 Å². The van der Waals surface area contributed by atoms with Gasteiger partial charge in [-0.3, -0.25) is 4.79 Å². The van der Waals surface area contributed by atoms with Gasteiger partial charge >= 0.3 is 0 Å². The summed E-state index contributed by atoms with van der Waals surface area (Å²) in [4.78, 5) is 14.0. The van der Waals surface area contributed by atoms with Crippen molar-refractivity contribution in [3.63, 3.8) is 0 Å². The van der Waals surface area contributed by atoms with Crippen LogP contribution in [0.2, 0.25) is 0 Å². The third-order valence-corrected chi connectivity index (χ3v) is 14.3. The number of ketones is 1. The third-order valence-electron chi connectivity index (χ3n) is 12.9. The molecule has 5 saturated carbocycles. The number of carbonyl (C=O) groups excluding carboxylic acids is 1. The first kappa shape index (κ1) is 28.8. The van der Waals surface area contributed by atoms with Crippen molar-refractivity contribution in [2.24, 2.45) is 46.3 Å². The van der Waals surface area contributed by atoms with E-state index >= 15 is 0 Å². The van der Waals surface area contributed by atoms with Crippen molar-refractivity contribution in [1.29, 1.82) is 0 Å². The van der Waals surface area contributed by atoms with Crippen LogP contribution in [0.3, 0.4) is 0 Å². The average Bonchev–Trinajstić information content (AvgIpc) is 2.95. The van der Waals surface area contributed by atoms with Crippen molar-refractivity contribution in [2.45, 2.75) is 159 Å². The molecule has 0 radical (unpaired) electrons. The topological polar surface area (TPSA) is 17.1 Å². The third kappa shape index (κ3) is 5.22. The van der Waals surface area contributed by atoms with E-state index in [1.165, 1.54) is 116 Å². The van der Waals surface area contributed by atoms with Crippen LogP contribution in [-0.4, -0.2) is 10.1 Å². The molecule has 0 saturated heterocycles. The summed E-state index contributed by atoms with van der Waals surface area (Å²) >= 11 is 14.6. The molecule has 0 unspecified atom stereocenters. The summed E-state index contributed by atoms with van der Waals surface area (Å²) in [6, 6.07) is 0. The van der Waals surface area contributed by atoms with E-state index in [9.17, 15) is 4.79 Å². The second kappa shape index (κ2) is 12.0. The van der Waals surface area contributed by atoms with Crippen molar-refractivity contribution < 1.29 is 4.79 Å². The Morgan fingerprint density at radius 2 is 0.892 bits per heavy atom. The number of hydrogen-bond acceptors (Lipinski definition) is 1. The van der Waals surface area contributed by atoms with Gasteiger partial charge in [-0.25, -0.2) is 0 Å². The lowest BCUT2D eigenvalue weighted by Crippen LogP contribution is -2.74. The highest BCUT2D eigenvalue weighted by Gasteiger charge is 2.79. The Morgan fingerprint density at radius 3 is 1.19 bits per heavy atom. The van der Waals surface area contributed by atoms with E-state index in [4.69, 9.17) is 23.2 Å². The molecule has 0 aliphatic heterocycles. The minimum Gasteiger partial charge on any atom is -0.298 e. The Kier molecular flexibility index (Phi) is 9.33. The second-order valence-electron chi connectivity index (χ2n) is 14.6. The molecule has 0 amide bonds. The summed E-state index contributed by atoms with van der Waals surface area (Å²) in [5, 5.41) is 0. The van der Waals surface area contributed by atoms with E-state index in [1.807, 2.05) is 0 Å². The molecule has 1 nitrogen and oxygen atoms in total. The summed E-state index contributed by atoms with van der Waals surface area (Å²) in [7, 11) is 0. The minimum absolute atomic E-state index is 0.435. The summed E-state index contributed by atoms with van der Waals surface area (Å²) in [5.74, 6) is 5.80. The molecule has 3 heteroatoms. The van der Waals surface area contributed by atoms with Gasteiger partial charge in [0.05, 0.1) is 10.8 Å². The zero-order valence-electron chi connectivity index (χ0n) is 24.2. The summed E-state index contributed by atoms with van der Waals surface area (Å²) in [6.45, 7) is 4.63. The maximum absolute atomic E-state index is 14.0. The fraction of sp³-hybridized carbons (Fsp3) is 0.971. The lowest BCUT2D eigenvalue weighted by Gasteiger charge is -2.67. The maximum atomic E-state index is 14.0. The average molecular weight is 552 g/mol.